The van der Waals surface area contributed by atoms with Crippen molar-refractivity contribution < 1.29 is 24.5 Å². The van der Waals surface area contributed by atoms with Gasteiger partial charge in [0.2, 0.25) is 0 Å². The van der Waals surface area contributed by atoms with E-state index in [1.807, 2.05) is 0 Å². The van der Waals surface area contributed by atoms with E-state index in [4.69, 9.17) is 14.9 Å². The zero-order valence-corrected chi connectivity index (χ0v) is 8.94. The number of hydrogen-bond donors (Lipinski definition) is 3. The third kappa shape index (κ3) is 8.31. The van der Waals surface area contributed by atoms with Gasteiger partial charge in [0.15, 0.2) is 0 Å². The fourth-order valence-electron chi connectivity index (χ4n) is 0.880. The Morgan fingerprint density at radius 3 is 2.60 bits per heavy atom. The van der Waals surface area contributed by atoms with E-state index in [9.17, 15) is 4.79 Å². The largest absolute Gasteiger partial charge is 0.464 e. The maximum atomic E-state index is 10.8. The summed E-state index contributed by atoms with van der Waals surface area (Å²) in [6, 6.07) is -0.337. The molecule has 6 nitrogen and oxygen atoms in total. The lowest BCUT2D eigenvalue weighted by molar-refractivity contribution is -0.148. The normalized spacial score (nSPS) is 10.7. The van der Waals surface area contributed by atoms with Crippen molar-refractivity contribution in [1.29, 1.82) is 0 Å². The summed E-state index contributed by atoms with van der Waals surface area (Å²) < 4.78 is 9.63. The number of hydrogen-bond acceptors (Lipinski definition) is 6. The third-order valence-corrected chi connectivity index (χ3v) is 1.65. The van der Waals surface area contributed by atoms with E-state index in [-0.39, 0.29) is 25.9 Å². The number of aliphatic hydroxyl groups excluding tert-OH is 2. The molecule has 0 fully saturated rings. The monoisotopic (exact) mass is 221 g/mol. The second-order valence-corrected chi connectivity index (χ2v) is 2.87. The summed E-state index contributed by atoms with van der Waals surface area (Å²) in [6.45, 7) is 2.53. The molecule has 0 saturated carbocycles. The zero-order chi connectivity index (χ0) is 11.5. The molecule has 0 aliphatic rings. The minimum absolute atomic E-state index is 0.0710. The summed E-state index contributed by atoms with van der Waals surface area (Å²) in [6.07, 6.45) is 0. The van der Waals surface area contributed by atoms with Crippen LogP contribution in [0.5, 0.6) is 0 Å². The van der Waals surface area contributed by atoms with Gasteiger partial charge in [-0.25, -0.2) is 4.79 Å². The van der Waals surface area contributed by atoms with Gasteiger partial charge in [-0.1, -0.05) is 0 Å². The van der Waals surface area contributed by atoms with Crippen LogP contribution >= 0.6 is 0 Å². The summed E-state index contributed by atoms with van der Waals surface area (Å²) in [5, 5.41) is 20.3. The molecule has 90 valence electrons. The van der Waals surface area contributed by atoms with Crippen molar-refractivity contribution >= 4 is 5.97 Å². The van der Waals surface area contributed by atoms with Crippen LogP contribution in [0.3, 0.4) is 0 Å². The summed E-state index contributed by atoms with van der Waals surface area (Å²) in [5.41, 5.74) is 0. The number of carbonyl (C=O) groups is 1. The third-order valence-electron chi connectivity index (χ3n) is 1.65. The highest BCUT2D eigenvalue weighted by Gasteiger charge is 2.04. The molecule has 0 unspecified atom stereocenters. The van der Waals surface area contributed by atoms with Crippen LogP contribution in [0.1, 0.15) is 6.92 Å². The molecule has 0 aromatic heterocycles. The Morgan fingerprint density at radius 2 is 2.07 bits per heavy atom. The van der Waals surface area contributed by atoms with Gasteiger partial charge in [0, 0.05) is 6.54 Å². The standard InChI is InChI=1S/C9H19NO5/c1-2-15-9(13)7-14-4-3-10-8(5-11)6-12/h8,10-12H,2-7H2,1H3. The van der Waals surface area contributed by atoms with Crippen LogP contribution in [0.4, 0.5) is 0 Å². The fraction of sp³-hybridized carbons (Fsp3) is 0.889. The molecule has 0 amide bonds. The quantitative estimate of drug-likeness (QED) is 0.325. The van der Waals surface area contributed by atoms with E-state index in [1.54, 1.807) is 6.92 Å². The molecule has 0 atom stereocenters. The highest BCUT2D eigenvalue weighted by Crippen LogP contribution is 1.82. The summed E-state index contributed by atoms with van der Waals surface area (Å²) in [7, 11) is 0. The van der Waals surface area contributed by atoms with E-state index in [2.05, 4.69) is 10.1 Å². The zero-order valence-electron chi connectivity index (χ0n) is 8.94. The van der Waals surface area contributed by atoms with Crippen molar-refractivity contribution in [1.82, 2.24) is 5.32 Å². The lowest BCUT2D eigenvalue weighted by atomic mass is 10.3. The van der Waals surface area contributed by atoms with Gasteiger partial charge in [-0.3, -0.25) is 0 Å². The Hall–Kier alpha value is -0.690. The van der Waals surface area contributed by atoms with Gasteiger partial charge in [0.05, 0.1) is 32.5 Å². The van der Waals surface area contributed by atoms with Crippen molar-refractivity contribution in [3.63, 3.8) is 0 Å². The molecule has 0 aromatic rings. The van der Waals surface area contributed by atoms with E-state index >= 15 is 0 Å². The molecule has 6 heteroatoms. The maximum Gasteiger partial charge on any atom is 0.332 e. The molecule has 0 radical (unpaired) electrons. The predicted octanol–water partition coefficient (Wildman–Crippen LogP) is -1.49. The maximum absolute atomic E-state index is 10.8. The summed E-state index contributed by atoms with van der Waals surface area (Å²) in [5.74, 6) is -0.390. The number of ether oxygens (including phenoxy) is 2. The van der Waals surface area contributed by atoms with Gasteiger partial charge < -0.3 is 25.0 Å². The van der Waals surface area contributed by atoms with Crippen LogP contribution in [0.15, 0.2) is 0 Å². The molecule has 15 heavy (non-hydrogen) atoms. The molecular formula is C9H19NO5. The highest BCUT2D eigenvalue weighted by molar-refractivity contribution is 5.70. The Bertz CT molecular complexity index is 161. The Morgan fingerprint density at radius 1 is 1.40 bits per heavy atom. The molecule has 0 aromatic carbocycles. The minimum Gasteiger partial charge on any atom is -0.464 e. The first-order chi connectivity index (χ1) is 7.24. The van der Waals surface area contributed by atoms with Crippen molar-refractivity contribution in [2.24, 2.45) is 0 Å². The summed E-state index contributed by atoms with van der Waals surface area (Å²) >= 11 is 0. The Labute approximate surface area is 89.2 Å². The molecule has 0 aliphatic heterocycles. The van der Waals surface area contributed by atoms with Gasteiger partial charge in [-0.15, -0.1) is 0 Å². The Balaban J connectivity index is 3.27. The van der Waals surface area contributed by atoms with Gasteiger partial charge in [0.1, 0.15) is 6.61 Å². The van der Waals surface area contributed by atoms with Crippen molar-refractivity contribution in [3.05, 3.63) is 0 Å². The van der Waals surface area contributed by atoms with E-state index in [1.165, 1.54) is 0 Å². The van der Waals surface area contributed by atoms with Crippen molar-refractivity contribution in [2.75, 3.05) is 39.6 Å². The van der Waals surface area contributed by atoms with Gasteiger partial charge in [-0.2, -0.15) is 0 Å². The number of nitrogens with one attached hydrogen (secondary N) is 1. The van der Waals surface area contributed by atoms with Crippen LogP contribution in [0.2, 0.25) is 0 Å². The minimum atomic E-state index is -0.390. The lowest BCUT2D eigenvalue weighted by Crippen LogP contribution is -2.37. The fourth-order valence-corrected chi connectivity index (χ4v) is 0.880. The number of carbonyl (C=O) groups excluding carboxylic acids is 1. The first kappa shape index (κ1) is 14.3. The predicted molar refractivity (Wildman–Crippen MR) is 53.4 cm³/mol. The van der Waals surface area contributed by atoms with Crippen LogP contribution in [0, 0.1) is 0 Å². The molecule has 0 spiro atoms. The molecule has 0 aliphatic carbocycles. The van der Waals surface area contributed by atoms with Gasteiger partial charge in [-0.05, 0) is 6.92 Å². The molecule has 0 saturated heterocycles. The Kier molecular flexibility index (Phi) is 9.40. The van der Waals surface area contributed by atoms with Crippen molar-refractivity contribution in [2.45, 2.75) is 13.0 Å². The summed E-state index contributed by atoms with van der Waals surface area (Å²) in [4.78, 5) is 10.8. The smallest absolute Gasteiger partial charge is 0.332 e. The second-order valence-electron chi connectivity index (χ2n) is 2.87. The first-order valence-corrected chi connectivity index (χ1v) is 4.93. The second kappa shape index (κ2) is 9.85. The van der Waals surface area contributed by atoms with Crippen LogP contribution in [-0.2, 0) is 14.3 Å². The topological polar surface area (TPSA) is 88.0 Å². The molecule has 0 heterocycles. The first-order valence-electron chi connectivity index (χ1n) is 4.93. The van der Waals surface area contributed by atoms with E-state index in [0.29, 0.717) is 19.8 Å². The molecular weight excluding hydrogens is 202 g/mol. The van der Waals surface area contributed by atoms with Crippen LogP contribution in [0.25, 0.3) is 0 Å². The van der Waals surface area contributed by atoms with Crippen molar-refractivity contribution in [3.8, 4) is 0 Å². The number of esters is 1. The number of aliphatic hydroxyl groups is 2. The molecule has 0 bridgehead atoms. The average molecular weight is 221 g/mol. The van der Waals surface area contributed by atoms with Crippen LogP contribution < -0.4 is 5.32 Å². The van der Waals surface area contributed by atoms with E-state index in [0.717, 1.165) is 0 Å². The lowest BCUT2D eigenvalue weighted by Gasteiger charge is -2.12. The number of rotatable bonds is 9. The van der Waals surface area contributed by atoms with Gasteiger partial charge >= 0.3 is 5.97 Å². The molecule has 3 N–H and O–H groups in total. The SMILES string of the molecule is CCOC(=O)COCCNC(CO)CO. The van der Waals surface area contributed by atoms with Crippen LogP contribution in [-0.4, -0.2) is 61.8 Å². The van der Waals surface area contributed by atoms with E-state index < -0.39 is 5.97 Å². The average Bonchev–Trinajstić information content (AvgIpc) is 2.24. The molecule has 0 rings (SSSR count). The highest BCUT2D eigenvalue weighted by atomic mass is 16.6. The van der Waals surface area contributed by atoms with Gasteiger partial charge in [0.25, 0.3) is 0 Å².